The van der Waals surface area contributed by atoms with Crippen LogP contribution in [0.15, 0.2) is 60.7 Å². The number of halogens is 2. The average Bonchev–Trinajstić information content (AvgIpc) is 3.29. The molecular weight excluding hydrogens is 406 g/mol. The van der Waals surface area contributed by atoms with Gasteiger partial charge in [0.2, 0.25) is 0 Å². The maximum absolute atomic E-state index is 14.1. The van der Waals surface area contributed by atoms with Gasteiger partial charge in [0, 0.05) is 30.6 Å². The predicted molar refractivity (Wildman–Crippen MR) is 123 cm³/mol. The van der Waals surface area contributed by atoms with E-state index < -0.39 is 0 Å². The van der Waals surface area contributed by atoms with Crippen LogP contribution in [0.3, 0.4) is 0 Å². The van der Waals surface area contributed by atoms with Gasteiger partial charge in [0.15, 0.2) is 0 Å². The van der Waals surface area contributed by atoms with E-state index in [1.54, 1.807) is 30.3 Å². The number of hydrogen-bond acceptors (Lipinski definition) is 2. The average molecular weight is 435 g/mol. The van der Waals surface area contributed by atoms with Gasteiger partial charge in [-0.1, -0.05) is 36.4 Å². The van der Waals surface area contributed by atoms with Crippen LogP contribution in [0.1, 0.15) is 41.1 Å². The number of benzene rings is 3. The lowest BCUT2D eigenvalue weighted by molar-refractivity contribution is 0.0784. The van der Waals surface area contributed by atoms with Crippen molar-refractivity contribution in [3.05, 3.63) is 83.4 Å². The minimum absolute atomic E-state index is 0.00119. The van der Waals surface area contributed by atoms with Crippen LogP contribution in [0.5, 0.6) is 0 Å². The Labute approximate surface area is 187 Å². The van der Waals surface area contributed by atoms with E-state index in [-0.39, 0.29) is 17.5 Å². The lowest BCUT2D eigenvalue weighted by Gasteiger charge is -2.33. The summed E-state index contributed by atoms with van der Waals surface area (Å²) in [6, 6.07) is 17.1. The molecule has 0 N–H and O–H groups in total. The molecule has 2 fully saturated rings. The van der Waals surface area contributed by atoms with E-state index in [1.807, 2.05) is 29.2 Å². The quantitative estimate of drug-likeness (QED) is 0.544. The first-order chi connectivity index (χ1) is 15.6. The molecule has 0 radical (unpaired) electrons. The fourth-order valence-electron chi connectivity index (χ4n) is 5.33. The van der Waals surface area contributed by atoms with Gasteiger partial charge in [0.25, 0.3) is 5.91 Å². The molecule has 1 atom stereocenters. The number of rotatable bonds is 4. The van der Waals surface area contributed by atoms with Crippen molar-refractivity contribution in [1.29, 1.82) is 0 Å². The molecule has 0 spiro atoms. The van der Waals surface area contributed by atoms with Crippen LogP contribution in [0, 0.1) is 17.6 Å². The first kappa shape index (κ1) is 21.1. The second-order valence-corrected chi connectivity index (χ2v) is 9.17. The highest BCUT2D eigenvalue weighted by Crippen LogP contribution is 2.30. The Balaban J connectivity index is 1.18. The first-order valence-corrected chi connectivity index (χ1v) is 11.5. The smallest absolute Gasteiger partial charge is 0.254 e. The zero-order valence-corrected chi connectivity index (χ0v) is 18.1. The van der Waals surface area contributed by atoms with Crippen molar-refractivity contribution in [3.8, 4) is 0 Å². The van der Waals surface area contributed by atoms with Crippen LogP contribution in [0.25, 0.3) is 10.8 Å². The van der Waals surface area contributed by atoms with E-state index in [4.69, 9.17) is 0 Å². The Morgan fingerprint density at radius 2 is 1.56 bits per heavy atom. The van der Waals surface area contributed by atoms with Gasteiger partial charge in [0.1, 0.15) is 11.6 Å². The lowest BCUT2D eigenvalue weighted by Crippen LogP contribution is -2.37. The largest absolute Gasteiger partial charge is 0.338 e. The molecule has 3 nitrogen and oxygen atoms in total. The van der Waals surface area contributed by atoms with Gasteiger partial charge in [0.05, 0.1) is 0 Å². The van der Waals surface area contributed by atoms with Crippen LogP contribution in [0.2, 0.25) is 0 Å². The number of amides is 1. The van der Waals surface area contributed by atoms with Crippen molar-refractivity contribution in [1.82, 2.24) is 9.80 Å². The molecule has 2 aliphatic rings. The van der Waals surface area contributed by atoms with Crippen molar-refractivity contribution in [2.24, 2.45) is 5.92 Å². The molecule has 2 heterocycles. The van der Waals surface area contributed by atoms with Gasteiger partial charge in [-0.05, 0) is 79.4 Å². The van der Waals surface area contributed by atoms with Crippen LogP contribution in [-0.2, 0) is 0 Å². The summed E-state index contributed by atoms with van der Waals surface area (Å²) >= 11 is 0. The van der Waals surface area contributed by atoms with Crippen molar-refractivity contribution in [2.75, 3.05) is 32.7 Å². The Hall–Kier alpha value is -2.79. The summed E-state index contributed by atoms with van der Waals surface area (Å²) in [7, 11) is 0. The Kier molecular flexibility index (Phi) is 5.92. The molecule has 0 bridgehead atoms. The molecule has 0 aromatic heterocycles. The third-order valence-electron chi connectivity index (χ3n) is 7.12. The molecule has 166 valence electrons. The summed E-state index contributed by atoms with van der Waals surface area (Å²) in [5, 5.41) is 1.18. The summed E-state index contributed by atoms with van der Waals surface area (Å²) in [5.74, 6) is 0.493. The van der Waals surface area contributed by atoms with Crippen molar-refractivity contribution >= 4 is 16.7 Å². The van der Waals surface area contributed by atoms with Crippen molar-refractivity contribution in [3.63, 3.8) is 0 Å². The number of piperidine rings is 1. The van der Waals surface area contributed by atoms with Crippen LogP contribution in [0.4, 0.5) is 8.78 Å². The summed E-state index contributed by atoms with van der Waals surface area (Å²) < 4.78 is 27.3. The van der Waals surface area contributed by atoms with Gasteiger partial charge >= 0.3 is 0 Å². The summed E-state index contributed by atoms with van der Waals surface area (Å²) in [5.41, 5.74) is 1.82. The summed E-state index contributed by atoms with van der Waals surface area (Å²) in [6.07, 6.45) is 3.17. The Bertz CT molecular complexity index is 1110. The lowest BCUT2D eigenvalue weighted by atomic mass is 9.89. The third kappa shape index (κ3) is 4.26. The fourth-order valence-corrected chi connectivity index (χ4v) is 5.33. The standard InChI is InChI=1S/C27H28F2N2O/c28-22-7-5-20(6-8-22)21-12-14-30(15-13-21)17-19-11-16-31(18-19)27(32)25-9-10-26(29)24-4-2-1-3-23(24)25/h1-10,19,21H,11-18H2/t19-/m1/s1. The normalized spacial score (nSPS) is 20.2. The molecule has 3 aromatic carbocycles. The van der Waals surface area contributed by atoms with Crippen LogP contribution < -0.4 is 0 Å². The highest BCUT2D eigenvalue weighted by Gasteiger charge is 2.30. The molecule has 3 aromatic rings. The van der Waals surface area contributed by atoms with Gasteiger partial charge in [-0.15, -0.1) is 0 Å². The number of carbonyl (C=O) groups excluding carboxylic acids is 1. The highest BCUT2D eigenvalue weighted by atomic mass is 19.1. The van der Waals surface area contributed by atoms with E-state index >= 15 is 0 Å². The van der Waals surface area contributed by atoms with E-state index in [9.17, 15) is 13.6 Å². The molecule has 0 aliphatic carbocycles. The molecule has 5 heteroatoms. The molecular formula is C27H28F2N2O. The van der Waals surface area contributed by atoms with Crippen molar-refractivity contribution in [2.45, 2.75) is 25.2 Å². The number of nitrogens with zero attached hydrogens (tertiary/aromatic N) is 2. The molecule has 2 saturated heterocycles. The number of hydrogen-bond donors (Lipinski definition) is 0. The summed E-state index contributed by atoms with van der Waals surface area (Å²) in [4.78, 5) is 17.6. The number of carbonyl (C=O) groups is 1. The highest BCUT2D eigenvalue weighted by molar-refractivity contribution is 6.07. The Morgan fingerprint density at radius 1 is 0.844 bits per heavy atom. The van der Waals surface area contributed by atoms with E-state index in [2.05, 4.69) is 4.90 Å². The van der Waals surface area contributed by atoms with Gasteiger partial charge in [-0.3, -0.25) is 4.79 Å². The maximum Gasteiger partial charge on any atom is 0.254 e. The minimum Gasteiger partial charge on any atom is -0.338 e. The molecule has 32 heavy (non-hydrogen) atoms. The number of fused-ring (bicyclic) bond motifs is 1. The monoisotopic (exact) mass is 434 g/mol. The van der Waals surface area contributed by atoms with Gasteiger partial charge in [-0.2, -0.15) is 0 Å². The predicted octanol–water partition coefficient (Wildman–Crippen LogP) is 5.46. The SMILES string of the molecule is O=C(c1ccc(F)c2ccccc12)N1CC[C@H](CN2CCC(c3ccc(F)cc3)CC2)C1. The second kappa shape index (κ2) is 8.99. The van der Waals surface area contributed by atoms with E-state index in [0.717, 1.165) is 52.0 Å². The molecule has 0 saturated carbocycles. The van der Waals surface area contributed by atoms with E-state index in [1.165, 1.54) is 11.6 Å². The topological polar surface area (TPSA) is 23.6 Å². The van der Waals surface area contributed by atoms with Crippen LogP contribution >= 0.6 is 0 Å². The molecule has 2 aliphatic heterocycles. The zero-order valence-electron chi connectivity index (χ0n) is 18.1. The van der Waals surface area contributed by atoms with Crippen molar-refractivity contribution < 1.29 is 13.6 Å². The van der Waals surface area contributed by atoms with E-state index in [0.29, 0.717) is 28.2 Å². The molecule has 0 unspecified atom stereocenters. The molecule has 5 rings (SSSR count). The number of likely N-dealkylation sites (tertiary alicyclic amines) is 2. The first-order valence-electron chi connectivity index (χ1n) is 11.5. The second-order valence-electron chi connectivity index (χ2n) is 9.17. The fraction of sp³-hybridized carbons (Fsp3) is 0.370. The van der Waals surface area contributed by atoms with Gasteiger partial charge < -0.3 is 9.80 Å². The third-order valence-corrected chi connectivity index (χ3v) is 7.12. The maximum atomic E-state index is 14.1. The Morgan fingerprint density at radius 3 is 2.31 bits per heavy atom. The van der Waals surface area contributed by atoms with Gasteiger partial charge in [-0.25, -0.2) is 8.78 Å². The molecule has 1 amide bonds. The minimum atomic E-state index is -0.291. The summed E-state index contributed by atoms with van der Waals surface area (Å²) in [6.45, 7) is 4.58. The van der Waals surface area contributed by atoms with Crippen LogP contribution in [-0.4, -0.2) is 48.4 Å². The zero-order chi connectivity index (χ0) is 22.1.